The van der Waals surface area contributed by atoms with E-state index in [0.717, 1.165) is 36.2 Å². The monoisotopic (exact) mass is 393 g/mol. The van der Waals surface area contributed by atoms with Crippen LogP contribution in [0, 0.1) is 12.8 Å². The molecule has 3 aromatic rings. The third-order valence-corrected chi connectivity index (χ3v) is 5.52. The molecule has 0 radical (unpaired) electrons. The number of aryl methyl sites for hydroxylation is 1. The van der Waals surface area contributed by atoms with Gasteiger partial charge >= 0.3 is 0 Å². The molecule has 1 atom stereocenters. The van der Waals surface area contributed by atoms with Gasteiger partial charge in [0.25, 0.3) is 5.91 Å². The standard InChI is InChI=1S/C23H27N3O3/c1-17-4-7-20(8-5-17)29-15-18-3-2-10-25(14-18)23(28)19-6-9-22-21(13-19)24-16-26(22)11-12-27/h4-9,13,16,18,27H,2-3,10-12,14-15H2,1H3. The molecule has 0 spiro atoms. The lowest BCUT2D eigenvalue weighted by atomic mass is 9.98. The van der Waals surface area contributed by atoms with Gasteiger partial charge in [0.2, 0.25) is 0 Å². The van der Waals surface area contributed by atoms with E-state index in [0.29, 0.717) is 31.2 Å². The van der Waals surface area contributed by atoms with E-state index in [1.165, 1.54) is 5.56 Å². The van der Waals surface area contributed by atoms with Gasteiger partial charge in [0.1, 0.15) is 5.75 Å². The van der Waals surface area contributed by atoms with Crippen LogP contribution in [0.3, 0.4) is 0 Å². The fourth-order valence-electron chi connectivity index (χ4n) is 3.90. The Kier molecular flexibility index (Phi) is 5.81. The highest BCUT2D eigenvalue weighted by atomic mass is 16.5. The van der Waals surface area contributed by atoms with Gasteiger partial charge in [-0.25, -0.2) is 4.98 Å². The Hall–Kier alpha value is -2.86. The second kappa shape index (κ2) is 8.66. The number of ether oxygens (including phenoxy) is 1. The molecule has 1 aliphatic rings. The van der Waals surface area contributed by atoms with Crippen LogP contribution in [-0.4, -0.2) is 51.8 Å². The first-order valence-electron chi connectivity index (χ1n) is 10.2. The van der Waals surface area contributed by atoms with Crippen molar-refractivity contribution in [1.82, 2.24) is 14.5 Å². The first-order chi connectivity index (χ1) is 14.1. The van der Waals surface area contributed by atoms with Crippen molar-refractivity contribution < 1.29 is 14.6 Å². The predicted molar refractivity (Wildman–Crippen MR) is 112 cm³/mol. The number of nitrogens with zero attached hydrogens (tertiary/aromatic N) is 3. The van der Waals surface area contributed by atoms with Crippen LogP contribution >= 0.6 is 0 Å². The van der Waals surface area contributed by atoms with Crippen molar-refractivity contribution in [2.45, 2.75) is 26.3 Å². The summed E-state index contributed by atoms with van der Waals surface area (Å²) in [6.45, 7) is 4.73. The number of hydrogen-bond acceptors (Lipinski definition) is 4. The molecule has 0 bridgehead atoms. The van der Waals surface area contributed by atoms with E-state index in [4.69, 9.17) is 9.84 Å². The van der Waals surface area contributed by atoms with E-state index in [9.17, 15) is 4.79 Å². The van der Waals surface area contributed by atoms with Crippen LogP contribution < -0.4 is 4.74 Å². The largest absolute Gasteiger partial charge is 0.493 e. The minimum Gasteiger partial charge on any atom is -0.493 e. The number of carbonyl (C=O) groups excluding carboxylic acids is 1. The number of fused-ring (bicyclic) bond motifs is 1. The van der Waals surface area contributed by atoms with Crippen LogP contribution in [-0.2, 0) is 6.54 Å². The van der Waals surface area contributed by atoms with E-state index in [2.05, 4.69) is 11.9 Å². The summed E-state index contributed by atoms with van der Waals surface area (Å²) in [5.41, 5.74) is 3.58. The van der Waals surface area contributed by atoms with Gasteiger partial charge in [-0.05, 0) is 50.1 Å². The van der Waals surface area contributed by atoms with E-state index in [1.54, 1.807) is 6.33 Å². The normalized spacial score (nSPS) is 16.9. The predicted octanol–water partition coefficient (Wildman–Crippen LogP) is 3.27. The third-order valence-electron chi connectivity index (χ3n) is 5.52. The molecule has 2 aromatic carbocycles. The summed E-state index contributed by atoms with van der Waals surface area (Å²) < 4.78 is 7.84. The van der Waals surface area contributed by atoms with Crippen molar-refractivity contribution in [3.05, 3.63) is 59.9 Å². The van der Waals surface area contributed by atoms with Gasteiger partial charge in [-0.3, -0.25) is 4.79 Å². The van der Waals surface area contributed by atoms with Gasteiger partial charge < -0.3 is 19.3 Å². The molecule has 1 fully saturated rings. The second-order valence-corrected chi connectivity index (χ2v) is 7.75. The Bertz CT molecular complexity index is 981. The van der Waals surface area contributed by atoms with Crippen molar-refractivity contribution in [2.24, 2.45) is 5.92 Å². The fourth-order valence-corrected chi connectivity index (χ4v) is 3.90. The van der Waals surface area contributed by atoms with E-state index in [1.807, 2.05) is 51.9 Å². The lowest BCUT2D eigenvalue weighted by molar-refractivity contribution is 0.0633. The van der Waals surface area contributed by atoms with Gasteiger partial charge in [0, 0.05) is 31.1 Å². The smallest absolute Gasteiger partial charge is 0.253 e. The van der Waals surface area contributed by atoms with Crippen LogP contribution in [0.1, 0.15) is 28.8 Å². The Balaban J connectivity index is 1.40. The quantitative estimate of drug-likeness (QED) is 0.698. The molecule has 1 N–H and O–H groups in total. The number of carbonyl (C=O) groups is 1. The zero-order valence-corrected chi connectivity index (χ0v) is 16.8. The van der Waals surface area contributed by atoms with Gasteiger partial charge in [-0.15, -0.1) is 0 Å². The molecule has 1 unspecified atom stereocenters. The van der Waals surface area contributed by atoms with Crippen molar-refractivity contribution in [3.8, 4) is 5.75 Å². The van der Waals surface area contributed by atoms with Crippen LogP contribution in [0.15, 0.2) is 48.8 Å². The Morgan fingerprint density at radius 2 is 2.07 bits per heavy atom. The van der Waals surface area contributed by atoms with Crippen molar-refractivity contribution in [2.75, 3.05) is 26.3 Å². The van der Waals surface area contributed by atoms with E-state index >= 15 is 0 Å². The molecule has 4 rings (SSSR count). The molecule has 0 aliphatic carbocycles. The minimum atomic E-state index is 0.0450. The van der Waals surface area contributed by atoms with Gasteiger partial charge in [-0.2, -0.15) is 0 Å². The summed E-state index contributed by atoms with van der Waals surface area (Å²) in [6.07, 6.45) is 3.76. The number of amides is 1. The zero-order valence-electron chi connectivity index (χ0n) is 16.8. The summed E-state index contributed by atoms with van der Waals surface area (Å²) in [7, 11) is 0. The first-order valence-corrected chi connectivity index (χ1v) is 10.2. The average Bonchev–Trinajstić information content (AvgIpc) is 3.15. The number of aliphatic hydroxyl groups excluding tert-OH is 1. The molecular formula is C23H27N3O3. The maximum Gasteiger partial charge on any atom is 0.253 e. The highest BCUT2D eigenvalue weighted by molar-refractivity contribution is 5.97. The molecule has 1 aliphatic heterocycles. The zero-order chi connectivity index (χ0) is 20.2. The number of aliphatic hydroxyl groups is 1. The van der Waals surface area contributed by atoms with Crippen molar-refractivity contribution >= 4 is 16.9 Å². The number of imidazole rings is 1. The molecule has 2 heterocycles. The third kappa shape index (κ3) is 4.43. The Labute approximate surface area is 170 Å². The number of aromatic nitrogens is 2. The average molecular weight is 393 g/mol. The van der Waals surface area contributed by atoms with Gasteiger partial charge in [0.05, 0.1) is 30.6 Å². The molecule has 1 aromatic heterocycles. The summed E-state index contributed by atoms with van der Waals surface area (Å²) >= 11 is 0. The van der Waals surface area contributed by atoms with Crippen molar-refractivity contribution in [3.63, 3.8) is 0 Å². The molecule has 0 saturated carbocycles. The molecular weight excluding hydrogens is 366 g/mol. The number of hydrogen-bond donors (Lipinski definition) is 1. The van der Waals surface area contributed by atoms with Crippen LogP contribution in [0.5, 0.6) is 5.75 Å². The second-order valence-electron chi connectivity index (χ2n) is 7.75. The topological polar surface area (TPSA) is 67.6 Å². The highest BCUT2D eigenvalue weighted by Crippen LogP contribution is 2.22. The first kappa shape index (κ1) is 19.5. The molecule has 152 valence electrons. The highest BCUT2D eigenvalue weighted by Gasteiger charge is 2.25. The maximum atomic E-state index is 13.0. The van der Waals surface area contributed by atoms with Crippen LogP contribution in [0.25, 0.3) is 11.0 Å². The minimum absolute atomic E-state index is 0.0450. The number of benzene rings is 2. The van der Waals surface area contributed by atoms with Gasteiger partial charge in [0.15, 0.2) is 0 Å². The summed E-state index contributed by atoms with van der Waals surface area (Å²) in [5, 5.41) is 9.14. The summed E-state index contributed by atoms with van der Waals surface area (Å²) in [5.74, 6) is 1.26. The maximum absolute atomic E-state index is 13.0. The summed E-state index contributed by atoms with van der Waals surface area (Å²) in [4.78, 5) is 19.3. The number of piperidine rings is 1. The Morgan fingerprint density at radius 3 is 2.86 bits per heavy atom. The van der Waals surface area contributed by atoms with E-state index in [-0.39, 0.29) is 12.5 Å². The lowest BCUT2D eigenvalue weighted by Crippen LogP contribution is -2.41. The molecule has 6 heteroatoms. The molecule has 1 saturated heterocycles. The van der Waals surface area contributed by atoms with Gasteiger partial charge in [-0.1, -0.05) is 17.7 Å². The summed E-state index contributed by atoms with van der Waals surface area (Å²) in [6, 6.07) is 13.7. The Morgan fingerprint density at radius 1 is 1.24 bits per heavy atom. The molecule has 29 heavy (non-hydrogen) atoms. The van der Waals surface area contributed by atoms with Crippen LogP contribution in [0.4, 0.5) is 0 Å². The number of likely N-dealkylation sites (tertiary alicyclic amines) is 1. The molecule has 1 amide bonds. The number of rotatable bonds is 6. The van der Waals surface area contributed by atoms with Crippen LogP contribution in [0.2, 0.25) is 0 Å². The molecule has 6 nitrogen and oxygen atoms in total. The SMILES string of the molecule is Cc1ccc(OCC2CCCN(C(=O)c3ccc4c(c3)ncn4CCO)C2)cc1. The lowest BCUT2D eigenvalue weighted by Gasteiger charge is -2.32. The van der Waals surface area contributed by atoms with Crippen molar-refractivity contribution in [1.29, 1.82) is 0 Å². The van der Waals surface area contributed by atoms with E-state index < -0.39 is 0 Å². The fraction of sp³-hybridized carbons (Fsp3) is 0.391.